The predicted octanol–water partition coefficient (Wildman–Crippen LogP) is 5.04. The van der Waals surface area contributed by atoms with Crippen LogP contribution in [-0.4, -0.2) is 65.3 Å². The van der Waals surface area contributed by atoms with Crippen LogP contribution in [0.2, 0.25) is 0 Å². The van der Waals surface area contributed by atoms with E-state index in [4.69, 9.17) is 9.90 Å². The summed E-state index contributed by atoms with van der Waals surface area (Å²) in [4.78, 5) is 37.7. The highest BCUT2D eigenvalue weighted by molar-refractivity contribution is 6.07. The van der Waals surface area contributed by atoms with E-state index in [1.807, 2.05) is 25.1 Å². The summed E-state index contributed by atoms with van der Waals surface area (Å²) in [7, 11) is 0. The van der Waals surface area contributed by atoms with E-state index in [9.17, 15) is 32.3 Å². The molecule has 1 aliphatic heterocycles. The van der Waals surface area contributed by atoms with Crippen molar-refractivity contribution in [3.05, 3.63) is 94.8 Å². The zero-order valence-electron chi connectivity index (χ0n) is 21.4. The molecule has 12 heteroatoms. The number of carbonyl (C=O) groups is 3. The predicted molar refractivity (Wildman–Crippen MR) is 140 cm³/mol. The normalized spacial score (nSPS) is 13.7. The van der Waals surface area contributed by atoms with E-state index in [2.05, 4.69) is 15.1 Å². The molecule has 0 radical (unpaired) electrons. The second kappa shape index (κ2) is 13.1. The van der Waals surface area contributed by atoms with Crippen LogP contribution in [0.4, 0.5) is 28.9 Å². The van der Waals surface area contributed by atoms with E-state index < -0.39 is 18.1 Å². The maximum atomic E-state index is 13.5. The quantitative estimate of drug-likeness (QED) is 0.362. The minimum atomic E-state index is -5.08. The SMILES string of the molecule is Cc1ccccc1C(=O)Nc1cc(C(=O)O)ccc1N1CCN(Cc2cccc(F)c2)CC1.O=C(O)C(F)(F)F. The number of hydrogen-bond acceptors (Lipinski definition) is 5. The topological polar surface area (TPSA) is 110 Å². The molecule has 1 aliphatic rings. The summed E-state index contributed by atoms with van der Waals surface area (Å²) in [5.41, 5.74) is 3.69. The Balaban J connectivity index is 0.000000559. The number of nitrogens with zero attached hydrogens (tertiary/aromatic N) is 2. The number of benzene rings is 3. The minimum Gasteiger partial charge on any atom is -0.478 e. The van der Waals surface area contributed by atoms with Gasteiger partial charge in [0.25, 0.3) is 5.91 Å². The average molecular weight is 562 g/mol. The van der Waals surface area contributed by atoms with Crippen molar-refractivity contribution in [1.29, 1.82) is 0 Å². The molecule has 0 saturated carbocycles. The van der Waals surface area contributed by atoms with Gasteiger partial charge in [0.05, 0.1) is 16.9 Å². The standard InChI is InChI=1S/C26H26FN3O3.C2HF3O2/c1-18-5-2-3-8-22(18)25(31)28-23-16-20(26(32)33)9-10-24(23)30-13-11-29(12-14-30)17-19-6-4-7-21(27)15-19;3-2(4,5)1(6)7/h2-10,15-16H,11-14,17H2,1H3,(H,28,31)(H,32,33);(H,6,7). The van der Waals surface area contributed by atoms with Crippen molar-refractivity contribution in [3.8, 4) is 0 Å². The number of rotatable bonds is 6. The molecule has 0 bridgehead atoms. The lowest BCUT2D eigenvalue weighted by Crippen LogP contribution is -2.46. The average Bonchev–Trinajstić information content (AvgIpc) is 2.89. The fourth-order valence-electron chi connectivity index (χ4n) is 4.10. The monoisotopic (exact) mass is 561 g/mol. The fourth-order valence-corrected chi connectivity index (χ4v) is 4.10. The number of aliphatic carboxylic acids is 1. The first kappa shape index (κ1) is 30.1. The van der Waals surface area contributed by atoms with Crippen LogP contribution in [0.3, 0.4) is 0 Å². The third kappa shape index (κ3) is 8.27. The largest absolute Gasteiger partial charge is 0.490 e. The van der Waals surface area contributed by atoms with Crippen molar-refractivity contribution < 1.29 is 42.2 Å². The highest BCUT2D eigenvalue weighted by Crippen LogP contribution is 2.29. The Morgan fingerprint density at radius 1 is 0.900 bits per heavy atom. The smallest absolute Gasteiger partial charge is 0.478 e. The van der Waals surface area contributed by atoms with E-state index in [0.717, 1.165) is 29.9 Å². The Morgan fingerprint density at radius 3 is 2.12 bits per heavy atom. The molecule has 1 fully saturated rings. The summed E-state index contributed by atoms with van der Waals surface area (Å²) >= 11 is 0. The third-order valence-electron chi connectivity index (χ3n) is 6.13. The number of nitrogens with one attached hydrogen (secondary N) is 1. The first-order valence-corrected chi connectivity index (χ1v) is 12.1. The summed E-state index contributed by atoms with van der Waals surface area (Å²) in [6.07, 6.45) is -5.08. The molecule has 3 aromatic carbocycles. The van der Waals surface area contributed by atoms with Crippen LogP contribution >= 0.6 is 0 Å². The van der Waals surface area contributed by atoms with Crippen LogP contribution in [-0.2, 0) is 11.3 Å². The molecule has 3 N–H and O–H groups in total. The molecule has 0 aliphatic carbocycles. The number of piperazine rings is 1. The van der Waals surface area contributed by atoms with Crippen molar-refractivity contribution >= 4 is 29.2 Å². The molecular weight excluding hydrogens is 534 g/mol. The van der Waals surface area contributed by atoms with Crippen LogP contribution in [0, 0.1) is 12.7 Å². The molecular formula is C28H27F4N3O5. The molecule has 8 nitrogen and oxygen atoms in total. The molecule has 40 heavy (non-hydrogen) atoms. The Morgan fingerprint density at radius 2 is 1.55 bits per heavy atom. The number of hydrogen-bond donors (Lipinski definition) is 3. The summed E-state index contributed by atoms with van der Waals surface area (Å²) in [5, 5.41) is 19.5. The van der Waals surface area contributed by atoms with E-state index in [1.54, 1.807) is 36.4 Å². The van der Waals surface area contributed by atoms with E-state index in [1.165, 1.54) is 12.1 Å². The van der Waals surface area contributed by atoms with Crippen LogP contribution in [0.5, 0.6) is 0 Å². The van der Waals surface area contributed by atoms with Gasteiger partial charge in [0, 0.05) is 38.3 Å². The zero-order valence-corrected chi connectivity index (χ0v) is 21.4. The number of aromatic carboxylic acids is 1. The molecule has 4 rings (SSSR count). The molecule has 0 aromatic heterocycles. The van der Waals surface area contributed by atoms with Crippen molar-refractivity contribution in [2.75, 3.05) is 36.4 Å². The van der Waals surface area contributed by atoms with Crippen molar-refractivity contribution in [1.82, 2.24) is 4.90 Å². The second-order valence-corrected chi connectivity index (χ2v) is 9.00. The van der Waals surface area contributed by atoms with E-state index >= 15 is 0 Å². The number of amides is 1. The van der Waals surface area contributed by atoms with Gasteiger partial charge in [0.1, 0.15) is 5.82 Å². The molecule has 212 valence electrons. The number of halogens is 4. The number of aryl methyl sites for hydroxylation is 1. The molecule has 0 atom stereocenters. The number of alkyl halides is 3. The summed E-state index contributed by atoms with van der Waals surface area (Å²) < 4.78 is 45.2. The van der Waals surface area contributed by atoms with Crippen molar-refractivity contribution in [2.24, 2.45) is 0 Å². The minimum absolute atomic E-state index is 0.114. The molecule has 0 spiro atoms. The van der Waals surface area contributed by atoms with Gasteiger partial charge in [-0.05, 0) is 54.4 Å². The number of carboxylic acid groups (broad SMARTS) is 2. The molecule has 1 saturated heterocycles. The van der Waals surface area contributed by atoms with Gasteiger partial charge in [-0.3, -0.25) is 9.69 Å². The second-order valence-electron chi connectivity index (χ2n) is 9.00. The zero-order chi connectivity index (χ0) is 29.4. The molecule has 0 unspecified atom stereocenters. The fraction of sp³-hybridized carbons (Fsp3) is 0.250. The summed E-state index contributed by atoms with van der Waals surface area (Å²) in [6, 6.07) is 18.7. The lowest BCUT2D eigenvalue weighted by molar-refractivity contribution is -0.192. The first-order valence-electron chi connectivity index (χ1n) is 12.1. The van der Waals surface area contributed by atoms with Gasteiger partial charge in [-0.15, -0.1) is 0 Å². The van der Waals surface area contributed by atoms with Gasteiger partial charge >= 0.3 is 18.1 Å². The van der Waals surface area contributed by atoms with Crippen molar-refractivity contribution in [2.45, 2.75) is 19.6 Å². The van der Waals surface area contributed by atoms with Crippen LogP contribution in [0.1, 0.15) is 31.8 Å². The maximum Gasteiger partial charge on any atom is 0.490 e. The van der Waals surface area contributed by atoms with Gasteiger partial charge in [0.2, 0.25) is 0 Å². The van der Waals surface area contributed by atoms with Gasteiger partial charge in [0.15, 0.2) is 0 Å². The Labute approximate surface area is 227 Å². The first-order chi connectivity index (χ1) is 18.8. The van der Waals surface area contributed by atoms with Crippen LogP contribution in [0.25, 0.3) is 0 Å². The van der Waals surface area contributed by atoms with Crippen molar-refractivity contribution in [3.63, 3.8) is 0 Å². The van der Waals surface area contributed by atoms with Gasteiger partial charge in [-0.2, -0.15) is 13.2 Å². The lowest BCUT2D eigenvalue weighted by atomic mass is 10.1. The Kier molecular flexibility index (Phi) is 9.83. The highest BCUT2D eigenvalue weighted by atomic mass is 19.4. The number of anilines is 2. The van der Waals surface area contributed by atoms with Crippen LogP contribution in [0.15, 0.2) is 66.7 Å². The van der Waals surface area contributed by atoms with Gasteiger partial charge in [-0.1, -0.05) is 30.3 Å². The molecule has 1 heterocycles. The number of carboxylic acids is 2. The van der Waals surface area contributed by atoms with Crippen LogP contribution < -0.4 is 10.2 Å². The highest BCUT2D eigenvalue weighted by Gasteiger charge is 2.38. The van der Waals surface area contributed by atoms with E-state index in [0.29, 0.717) is 30.9 Å². The third-order valence-corrected chi connectivity index (χ3v) is 6.13. The summed E-state index contributed by atoms with van der Waals surface area (Å²) in [5.74, 6) is -4.32. The Hall–Kier alpha value is -4.45. The Bertz CT molecular complexity index is 1370. The number of carbonyl (C=O) groups excluding carboxylic acids is 1. The summed E-state index contributed by atoms with van der Waals surface area (Å²) in [6.45, 7) is 5.47. The molecule has 1 amide bonds. The lowest BCUT2D eigenvalue weighted by Gasteiger charge is -2.37. The van der Waals surface area contributed by atoms with E-state index in [-0.39, 0.29) is 17.3 Å². The van der Waals surface area contributed by atoms with Gasteiger partial charge in [-0.25, -0.2) is 14.0 Å². The maximum absolute atomic E-state index is 13.5. The molecule has 3 aromatic rings. The van der Waals surface area contributed by atoms with Gasteiger partial charge < -0.3 is 20.4 Å².